The highest BCUT2D eigenvalue weighted by Crippen LogP contribution is 2.24. The summed E-state index contributed by atoms with van der Waals surface area (Å²) < 4.78 is 10.6. The number of carbonyl (C=O) groups excluding carboxylic acids is 2. The van der Waals surface area contributed by atoms with Crippen LogP contribution in [0.15, 0.2) is 42.5 Å². The average molecular weight is 393 g/mol. The molecule has 146 valence electrons. The Kier molecular flexibility index (Phi) is 9.16. The highest BCUT2D eigenvalue weighted by molar-refractivity contribution is 6.00. The first-order valence-corrected chi connectivity index (χ1v) is 8.53. The van der Waals surface area contributed by atoms with Gasteiger partial charge in [0.25, 0.3) is 0 Å². The molecule has 0 aromatic heterocycles. The van der Waals surface area contributed by atoms with Crippen molar-refractivity contribution in [3.05, 3.63) is 48.0 Å². The molecular formula is C20H25ClN2O4. The first-order valence-electron chi connectivity index (χ1n) is 8.53. The Morgan fingerprint density at radius 3 is 2.33 bits per heavy atom. The van der Waals surface area contributed by atoms with Crippen molar-refractivity contribution in [2.75, 3.05) is 24.8 Å². The van der Waals surface area contributed by atoms with E-state index in [0.29, 0.717) is 29.3 Å². The van der Waals surface area contributed by atoms with Gasteiger partial charge in [-0.25, -0.2) is 0 Å². The van der Waals surface area contributed by atoms with Gasteiger partial charge in [0.05, 0.1) is 25.1 Å². The molecule has 0 radical (unpaired) electrons. The summed E-state index contributed by atoms with van der Waals surface area (Å²) in [7, 11) is 1.54. The van der Waals surface area contributed by atoms with Gasteiger partial charge in [0.2, 0.25) is 5.91 Å². The van der Waals surface area contributed by atoms with Gasteiger partial charge >= 0.3 is 0 Å². The molecule has 6 nitrogen and oxygen atoms in total. The van der Waals surface area contributed by atoms with Crippen LogP contribution in [0.4, 0.5) is 11.4 Å². The van der Waals surface area contributed by atoms with Gasteiger partial charge in [0, 0.05) is 24.5 Å². The standard InChI is InChI=1S/C20H24N2O4.ClH/c1-3-12-26-15-6-4-14(5-7-15)19(23)10-11-20(24)22-18-13-16(25-2)8-9-17(18)21;/h4-9,13H,3,10-12,21H2,1-2H3,(H,22,24);1H. The quantitative estimate of drug-likeness (QED) is 0.495. The lowest BCUT2D eigenvalue weighted by Gasteiger charge is -2.10. The van der Waals surface area contributed by atoms with Crippen LogP contribution in [-0.2, 0) is 4.79 Å². The van der Waals surface area contributed by atoms with Gasteiger partial charge in [-0.3, -0.25) is 9.59 Å². The largest absolute Gasteiger partial charge is 0.497 e. The highest BCUT2D eigenvalue weighted by Gasteiger charge is 2.11. The zero-order chi connectivity index (χ0) is 18.9. The normalized spacial score (nSPS) is 9.85. The van der Waals surface area contributed by atoms with Crippen molar-refractivity contribution >= 4 is 35.5 Å². The van der Waals surface area contributed by atoms with E-state index in [0.717, 1.165) is 12.2 Å². The molecule has 0 saturated heterocycles. The molecule has 2 aromatic rings. The number of hydrogen-bond acceptors (Lipinski definition) is 5. The van der Waals surface area contributed by atoms with Gasteiger partial charge in [-0.15, -0.1) is 12.4 Å². The zero-order valence-electron chi connectivity index (χ0n) is 15.5. The summed E-state index contributed by atoms with van der Waals surface area (Å²) in [5, 5.41) is 2.71. The number of anilines is 2. The highest BCUT2D eigenvalue weighted by atomic mass is 35.5. The Balaban J connectivity index is 0.00000364. The molecule has 0 aliphatic carbocycles. The lowest BCUT2D eigenvalue weighted by atomic mass is 10.1. The van der Waals surface area contributed by atoms with Crippen molar-refractivity contribution in [3.63, 3.8) is 0 Å². The smallest absolute Gasteiger partial charge is 0.224 e. The summed E-state index contributed by atoms with van der Waals surface area (Å²) in [6.45, 7) is 2.67. The summed E-state index contributed by atoms with van der Waals surface area (Å²) in [6, 6.07) is 12.0. The van der Waals surface area contributed by atoms with Crippen LogP contribution >= 0.6 is 12.4 Å². The molecular weight excluding hydrogens is 368 g/mol. The Morgan fingerprint density at radius 1 is 1.04 bits per heavy atom. The molecule has 2 rings (SSSR count). The number of methoxy groups -OCH3 is 1. The van der Waals surface area contributed by atoms with E-state index in [1.807, 2.05) is 6.92 Å². The van der Waals surface area contributed by atoms with Gasteiger partial charge in [-0.1, -0.05) is 6.92 Å². The fourth-order valence-corrected chi connectivity index (χ4v) is 2.31. The van der Waals surface area contributed by atoms with Crippen molar-refractivity contribution in [1.29, 1.82) is 0 Å². The first-order chi connectivity index (χ1) is 12.5. The summed E-state index contributed by atoms with van der Waals surface area (Å²) in [6.07, 6.45) is 1.11. The molecule has 2 aromatic carbocycles. The van der Waals surface area contributed by atoms with Gasteiger partial charge in [0.1, 0.15) is 11.5 Å². The second-order valence-electron chi connectivity index (χ2n) is 5.80. The number of amides is 1. The molecule has 3 N–H and O–H groups in total. The maximum Gasteiger partial charge on any atom is 0.224 e. The molecule has 7 heteroatoms. The number of halogens is 1. The zero-order valence-corrected chi connectivity index (χ0v) is 16.3. The van der Waals surface area contributed by atoms with E-state index in [1.165, 1.54) is 7.11 Å². The molecule has 0 saturated carbocycles. The van der Waals surface area contributed by atoms with Crippen molar-refractivity contribution in [2.45, 2.75) is 26.2 Å². The third kappa shape index (κ3) is 6.83. The van der Waals surface area contributed by atoms with Crippen LogP contribution in [0.3, 0.4) is 0 Å². The van der Waals surface area contributed by atoms with E-state index in [1.54, 1.807) is 42.5 Å². The fraction of sp³-hybridized carbons (Fsp3) is 0.300. The van der Waals surface area contributed by atoms with E-state index < -0.39 is 0 Å². The fourth-order valence-electron chi connectivity index (χ4n) is 2.31. The van der Waals surface area contributed by atoms with E-state index in [9.17, 15) is 9.59 Å². The second kappa shape index (κ2) is 11.1. The van der Waals surface area contributed by atoms with Crippen LogP contribution in [0.2, 0.25) is 0 Å². The van der Waals surface area contributed by atoms with Crippen LogP contribution in [0, 0.1) is 0 Å². The molecule has 1 amide bonds. The molecule has 27 heavy (non-hydrogen) atoms. The van der Waals surface area contributed by atoms with Crippen molar-refractivity contribution in [3.8, 4) is 11.5 Å². The first kappa shape index (κ1) is 22.3. The number of Topliss-reactive ketones (excluding diaryl/α,β-unsaturated/α-hetero) is 1. The van der Waals surface area contributed by atoms with Crippen molar-refractivity contribution < 1.29 is 19.1 Å². The Bertz CT molecular complexity index is 763. The van der Waals surface area contributed by atoms with E-state index in [4.69, 9.17) is 15.2 Å². The number of benzene rings is 2. The minimum atomic E-state index is -0.277. The van der Waals surface area contributed by atoms with Gasteiger partial charge in [0.15, 0.2) is 5.78 Å². The van der Waals surface area contributed by atoms with E-state index in [2.05, 4.69) is 5.32 Å². The average Bonchev–Trinajstić information content (AvgIpc) is 2.66. The number of nitrogens with one attached hydrogen (secondary N) is 1. The van der Waals surface area contributed by atoms with Gasteiger partial charge in [-0.05, 0) is 42.8 Å². The number of carbonyl (C=O) groups is 2. The van der Waals surface area contributed by atoms with E-state index >= 15 is 0 Å². The molecule has 0 fully saturated rings. The van der Waals surface area contributed by atoms with E-state index in [-0.39, 0.29) is 36.9 Å². The summed E-state index contributed by atoms with van der Waals surface area (Å²) in [5.41, 5.74) is 7.31. The third-order valence-electron chi connectivity index (χ3n) is 3.76. The Hall–Kier alpha value is -2.73. The minimum Gasteiger partial charge on any atom is -0.497 e. The maximum atomic E-state index is 12.2. The predicted molar refractivity (Wildman–Crippen MR) is 109 cm³/mol. The van der Waals surface area contributed by atoms with Crippen LogP contribution in [0.5, 0.6) is 11.5 Å². The number of ether oxygens (including phenoxy) is 2. The van der Waals surface area contributed by atoms with Crippen LogP contribution in [0.25, 0.3) is 0 Å². The maximum absolute atomic E-state index is 12.2. The lowest BCUT2D eigenvalue weighted by molar-refractivity contribution is -0.116. The lowest BCUT2D eigenvalue weighted by Crippen LogP contribution is -2.14. The number of hydrogen-bond donors (Lipinski definition) is 2. The molecule has 0 bridgehead atoms. The number of rotatable bonds is 9. The van der Waals surface area contributed by atoms with Crippen LogP contribution in [-0.4, -0.2) is 25.4 Å². The molecule has 0 heterocycles. The topological polar surface area (TPSA) is 90.7 Å². The third-order valence-corrected chi connectivity index (χ3v) is 3.76. The minimum absolute atomic E-state index is 0. The van der Waals surface area contributed by atoms with Crippen LogP contribution in [0.1, 0.15) is 36.5 Å². The number of nitrogen functional groups attached to an aromatic ring is 1. The molecule has 0 unspecified atom stereocenters. The summed E-state index contributed by atoms with van der Waals surface area (Å²) >= 11 is 0. The second-order valence-corrected chi connectivity index (χ2v) is 5.80. The molecule has 0 aliphatic heterocycles. The Labute approximate surface area is 165 Å². The van der Waals surface area contributed by atoms with Crippen molar-refractivity contribution in [2.24, 2.45) is 0 Å². The van der Waals surface area contributed by atoms with Gasteiger partial charge < -0.3 is 20.5 Å². The molecule has 0 atom stereocenters. The van der Waals surface area contributed by atoms with Gasteiger partial charge in [-0.2, -0.15) is 0 Å². The number of ketones is 1. The number of nitrogens with two attached hydrogens (primary N) is 1. The predicted octanol–water partition coefficient (Wildman–Crippen LogP) is 4.09. The summed E-state index contributed by atoms with van der Waals surface area (Å²) in [4.78, 5) is 24.3. The Morgan fingerprint density at radius 2 is 1.70 bits per heavy atom. The monoisotopic (exact) mass is 392 g/mol. The molecule has 0 spiro atoms. The molecule has 0 aliphatic rings. The van der Waals surface area contributed by atoms with Crippen molar-refractivity contribution in [1.82, 2.24) is 0 Å². The SMILES string of the molecule is CCCOc1ccc(C(=O)CCC(=O)Nc2cc(OC)ccc2N)cc1.Cl. The van der Waals surface area contributed by atoms with Crippen LogP contribution < -0.4 is 20.5 Å². The summed E-state index contributed by atoms with van der Waals surface area (Å²) in [5.74, 6) is 0.951.